The standard InChI is InChI=1S/C9H10ClIN4O2/c10-7-6(11)8(16)15(5-13-7)4-3-14-2-1-12-9(14)17/h5H,1-4H2,(H,12,17). The van der Waals surface area contributed by atoms with Gasteiger partial charge in [0.2, 0.25) is 0 Å². The quantitative estimate of drug-likeness (QED) is 0.625. The predicted octanol–water partition coefficient (Wildman–Crippen LogP) is 0.526. The highest BCUT2D eigenvalue weighted by atomic mass is 127. The molecular weight excluding hydrogens is 358 g/mol. The van der Waals surface area contributed by atoms with Crippen LogP contribution in [0.25, 0.3) is 0 Å². The summed E-state index contributed by atoms with van der Waals surface area (Å²) >= 11 is 7.60. The van der Waals surface area contributed by atoms with Gasteiger partial charge < -0.3 is 10.2 Å². The fourth-order valence-corrected chi connectivity index (χ4v) is 2.13. The van der Waals surface area contributed by atoms with Crippen molar-refractivity contribution in [1.29, 1.82) is 0 Å². The number of halogens is 2. The number of rotatable bonds is 3. The van der Waals surface area contributed by atoms with Crippen molar-refractivity contribution in [3.05, 3.63) is 25.4 Å². The van der Waals surface area contributed by atoms with Gasteiger partial charge in [-0.2, -0.15) is 0 Å². The highest BCUT2D eigenvalue weighted by Crippen LogP contribution is 2.09. The summed E-state index contributed by atoms with van der Waals surface area (Å²) in [4.78, 5) is 28.6. The van der Waals surface area contributed by atoms with E-state index in [1.807, 2.05) is 22.6 Å². The van der Waals surface area contributed by atoms with E-state index in [4.69, 9.17) is 11.6 Å². The summed E-state index contributed by atoms with van der Waals surface area (Å²) in [6.45, 7) is 2.24. The van der Waals surface area contributed by atoms with Gasteiger partial charge in [-0.3, -0.25) is 9.36 Å². The molecule has 17 heavy (non-hydrogen) atoms. The van der Waals surface area contributed by atoms with Crippen LogP contribution in [0.2, 0.25) is 5.15 Å². The number of carbonyl (C=O) groups excluding carboxylic acids is 1. The Bertz CT molecular complexity index is 504. The maximum absolute atomic E-state index is 11.8. The van der Waals surface area contributed by atoms with Gasteiger partial charge in [0.1, 0.15) is 8.72 Å². The van der Waals surface area contributed by atoms with Crippen molar-refractivity contribution >= 4 is 40.2 Å². The number of nitrogens with zero attached hydrogens (tertiary/aromatic N) is 3. The molecule has 0 atom stereocenters. The predicted molar refractivity (Wildman–Crippen MR) is 71.2 cm³/mol. The van der Waals surface area contributed by atoms with Crippen LogP contribution < -0.4 is 10.9 Å². The fraction of sp³-hybridized carbons (Fsp3) is 0.444. The summed E-state index contributed by atoms with van der Waals surface area (Å²) in [5.41, 5.74) is -0.176. The van der Waals surface area contributed by atoms with Crippen LogP contribution in [0.4, 0.5) is 4.79 Å². The van der Waals surface area contributed by atoms with Gasteiger partial charge in [0.05, 0.1) is 6.33 Å². The molecule has 1 aliphatic heterocycles. The average molecular weight is 369 g/mol. The second-order valence-electron chi connectivity index (χ2n) is 3.57. The van der Waals surface area contributed by atoms with E-state index in [1.165, 1.54) is 10.9 Å². The molecule has 6 nitrogen and oxygen atoms in total. The van der Waals surface area contributed by atoms with E-state index in [-0.39, 0.29) is 16.7 Å². The summed E-state index contributed by atoms with van der Waals surface area (Å²) in [7, 11) is 0. The SMILES string of the molecule is O=C1NCCN1CCn1cnc(Cl)c(I)c1=O. The maximum atomic E-state index is 11.8. The van der Waals surface area contributed by atoms with Crippen LogP contribution in [-0.4, -0.2) is 40.1 Å². The first kappa shape index (κ1) is 12.6. The maximum Gasteiger partial charge on any atom is 0.317 e. The van der Waals surface area contributed by atoms with Crippen molar-refractivity contribution in [3.63, 3.8) is 0 Å². The molecule has 1 aromatic heterocycles. The zero-order valence-corrected chi connectivity index (χ0v) is 11.7. The number of hydrogen-bond acceptors (Lipinski definition) is 3. The van der Waals surface area contributed by atoms with E-state index in [1.54, 1.807) is 4.90 Å². The minimum Gasteiger partial charge on any atom is -0.336 e. The Morgan fingerprint density at radius 1 is 1.47 bits per heavy atom. The third kappa shape index (κ3) is 2.71. The third-order valence-electron chi connectivity index (χ3n) is 2.50. The Morgan fingerprint density at radius 3 is 2.88 bits per heavy atom. The minimum atomic E-state index is -0.176. The Kier molecular flexibility index (Phi) is 3.87. The fourth-order valence-electron chi connectivity index (χ4n) is 1.56. The normalized spacial score (nSPS) is 15.2. The molecule has 1 N–H and O–H groups in total. The number of nitrogens with one attached hydrogen (secondary N) is 1. The van der Waals surface area contributed by atoms with Crippen molar-refractivity contribution in [2.45, 2.75) is 6.54 Å². The lowest BCUT2D eigenvalue weighted by Crippen LogP contribution is -2.34. The van der Waals surface area contributed by atoms with Crippen molar-refractivity contribution in [3.8, 4) is 0 Å². The van der Waals surface area contributed by atoms with Gasteiger partial charge in [-0.25, -0.2) is 9.78 Å². The summed E-state index contributed by atoms with van der Waals surface area (Å²) in [5, 5.41) is 2.92. The second kappa shape index (κ2) is 5.21. The van der Waals surface area contributed by atoms with E-state index >= 15 is 0 Å². The van der Waals surface area contributed by atoms with Gasteiger partial charge in [-0.1, -0.05) is 11.6 Å². The highest BCUT2D eigenvalue weighted by molar-refractivity contribution is 14.1. The molecule has 0 saturated carbocycles. The monoisotopic (exact) mass is 368 g/mol. The molecule has 2 amide bonds. The number of hydrogen-bond donors (Lipinski definition) is 1. The van der Waals surface area contributed by atoms with Crippen LogP contribution in [0.5, 0.6) is 0 Å². The van der Waals surface area contributed by atoms with Gasteiger partial charge in [0.15, 0.2) is 0 Å². The van der Waals surface area contributed by atoms with Crippen LogP contribution in [-0.2, 0) is 6.54 Å². The van der Waals surface area contributed by atoms with Gasteiger partial charge in [0, 0.05) is 26.2 Å². The van der Waals surface area contributed by atoms with Crippen molar-refractivity contribution < 1.29 is 4.79 Å². The van der Waals surface area contributed by atoms with Crippen LogP contribution in [0.1, 0.15) is 0 Å². The molecule has 0 unspecified atom stereocenters. The Labute approximate surface area is 116 Å². The summed E-state index contributed by atoms with van der Waals surface area (Å²) in [5.74, 6) is 0. The van der Waals surface area contributed by atoms with Gasteiger partial charge in [0.25, 0.3) is 5.56 Å². The first-order valence-corrected chi connectivity index (χ1v) is 6.48. The van der Waals surface area contributed by atoms with E-state index in [2.05, 4.69) is 10.3 Å². The van der Waals surface area contributed by atoms with Gasteiger partial charge >= 0.3 is 6.03 Å². The molecule has 1 fully saturated rings. The largest absolute Gasteiger partial charge is 0.336 e. The molecule has 1 saturated heterocycles. The Morgan fingerprint density at radius 2 is 2.24 bits per heavy atom. The smallest absolute Gasteiger partial charge is 0.317 e. The summed E-state index contributed by atoms with van der Waals surface area (Å²) in [6, 6.07) is -0.0883. The molecule has 0 aliphatic carbocycles. The molecule has 0 radical (unpaired) electrons. The Balaban J connectivity index is 2.07. The third-order valence-corrected chi connectivity index (χ3v) is 4.07. The zero-order valence-electron chi connectivity index (χ0n) is 8.82. The molecule has 1 aliphatic rings. The number of carbonyl (C=O) groups is 1. The average Bonchev–Trinajstić information content (AvgIpc) is 2.71. The van der Waals surface area contributed by atoms with Crippen molar-refractivity contribution in [2.24, 2.45) is 0 Å². The van der Waals surface area contributed by atoms with E-state index in [0.29, 0.717) is 29.7 Å². The summed E-state index contributed by atoms with van der Waals surface area (Å²) in [6.07, 6.45) is 1.40. The van der Waals surface area contributed by atoms with Crippen LogP contribution in [0.3, 0.4) is 0 Å². The number of aromatic nitrogens is 2. The number of urea groups is 1. The Hall–Kier alpha value is -0.830. The van der Waals surface area contributed by atoms with Crippen LogP contribution >= 0.6 is 34.2 Å². The minimum absolute atomic E-state index is 0.0883. The molecule has 92 valence electrons. The van der Waals surface area contributed by atoms with Crippen LogP contribution in [0, 0.1) is 3.57 Å². The topological polar surface area (TPSA) is 67.2 Å². The lowest BCUT2D eigenvalue weighted by atomic mass is 10.5. The highest BCUT2D eigenvalue weighted by Gasteiger charge is 2.19. The number of amides is 2. The molecule has 0 aromatic carbocycles. The van der Waals surface area contributed by atoms with E-state index in [0.717, 1.165) is 0 Å². The molecular formula is C9H10ClIN4O2. The molecule has 0 spiro atoms. The van der Waals surface area contributed by atoms with Gasteiger partial charge in [-0.15, -0.1) is 0 Å². The zero-order chi connectivity index (χ0) is 12.4. The van der Waals surface area contributed by atoms with Crippen molar-refractivity contribution in [2.75, 3.05) is 19.6 Å². The first-order valence-electron chi connectivity index (χ1n) is 5.03. The first-order chi connectivity index (χ1) is 8.09. The van der Waals surface area contributed by atoms with Gasteiger partial charge in [-0.05, 0) is 22.6 Å². The van der Waals surface area contributed by atoms with Crippen molar-refractivity contribution in [1.82, 2.24) is 19.8 Å². The lowest BCUT2D eigenvalue weighted by molar-refractivity contribution is 0.215. The van der Waals surface area contributed by atoms with E-state index < -0.39 is 0 Å². The molecule has 8 heteroatoms. The van der Waals surface area contributed by atoms with Crippen LogP contribution in [0.15, 0.2) is 11.1 Å². The van der Waals surface area contributed by atoms with E-state index in [9.17, 15) is 9.59 Å². The second-order valence-corrected chi connectivity index (χ2v) is 5.00. The molecule has 0 bridgehead atoms. The molecule has 2 heterocycles. The lowest BCUT2D eigenvalue weighted by Gasteiger charge is -2.14. The molecule has 2 rings (SSSR count). The summed E-state index contributed by atoms with van der Waals surface area (Å²) < 4.78 is 1.86. The molecule has 1 aromatic rings.